The molecule has 2 amide bonds. The van der Waals surface area contributed by atoms with Crippen molar-refractivity contribution >= 4 is 12.0 Å². The Labute approximate surface area is 154 Å². The number of nitrogens with one attached hydrogen (secondary N) is 1. The van der Waals surface area contributed by atoms with Gasteiger partial charge in [-0.3, -0.25) is 19.9 Å². The van der Waals surface area contributed by atoms with Crippen molar-refractivity contribution in [3.63, 3.8) is 0 Å². The Balaban J connectivity index is 1.86. The summed E-state index contributed by atoms with van der Waals surface area (Å²) in [6, 6.07) is 5.54. The van der Waals surface area contributed by atoms with E-state index in [1.165, 1.54) is 7.11 Å². The van der Waals surface area contributed by atoms with Gasteiger partial charge in [0.05, 0.1) is 27.4 Å². The molecule has 1 aromatic rings. The monoisotopic (exact) mass is 365 g/mol. The number of nitrogens with zero attached hydrogens (tertiary/aromatic N) is 2. The van der Waals surface area contributed by atoms with E-state index in [1.807, 2.05) is 18.2 Å². The van der Waals surface area contributed by atoms with Crippen LogP contribution in [0.2, 0.25) is 0 Å². The molecule has 0 unspecified atom stereocenters. The number of hydrogen-bond acceptors (Lipinski definition) is 7. The zero-order valence-electron chi connectivity index (χ0n) is 15.8. The number of alkyl carbamates (subject to hydrolysis) is 1. The third-order valence-electron chi connectivity index (χ3n) is 4.60. The summed E-state index contributed by atoms with van der Waals surface area (Å²) in [6.07, 6.45) is -0.728. The van der Waals surface area contributed by atoms with E-state index in [1.54, 1.807) is 21.1 Å². The summed E-state index contributed by atoms with van der Waals surface area (Å²) < 4.78 is 15.1. The van der Waals surface area contributed by atoms with Crippen LogP contribution in [0.4, 0.5) is 4.79 Å². The standard InChI is InChI=1S/C18H27N3O5/c1-13(17(22)19-18(23)26-4)21-9-7-20(8-10-21)12-14-5-6-15(24-2)16(11-14)25-3/h5-6,11,13H,7-10,12H2,1-4H3,(H,19,22,23)/t13-/m1/s1. The summed E-state index contributed by atoms with van der Waals surface area (Å²) in [4.78, 5) is 27.6. The Morgan fingerprint density at radius 1 is 1.08 bits per heavy atom. The van der Waals surface area contributed by atoms with Gasteiger partial charge in [-0.25, -0.2) is 4.79 Å². The van der Waals surface area contributed by atoms with Gasteiger partial charge in [0.2, 0.25) is 5.91 Å². The fourth-order valence-electron chi connectivity index (χ4n) is 2.97. The van der Waals surface area contributed by atoms with Gasteiger partial charge < -0.3 is 14.2 Å². The SMILES string of the molecule is COC(=O)NC(=O)[C@@H](C)N1CCN(Cc2ccc(OC)c(OC)c2)CC1. The minimum atomic E-state index is -0.728. The molecule has 8 heteroatoms. The summed E-state index contributed by atoms with van der Waals surface area (Å²) in [5, 5.41) is 2.22. The Bertz CT molecular complexity index is 629. The van der Waals surface area contributed by atoms with Crippen LogP contribution in [0.25, 0.3) is 0 Å². The zero-order valence-corrected chi connectivity index (χ0v) is 15.8. The van der Waals surface area contributed by atoms with E-state index in [4.69, 9.17) is 9.47 Å². The number of benzene rings is 1. The molecular formula is C18H27N3O5. The third-order valence-corrected chi connectivity index (χ3v) is 4.60. The number of piperazine rings is 1. The minimum Gasteiger partial charge on any atom is -0.493 e. The maximum atomic E-state index is 12.0. The van der Waals surface area contributed by atoms with E-state index >= 15 is 0 Å². The zero-order chi connectivity index (χ0) is 19.1. The lowest BCUT2D eigenvalue weighted by molar-refractivity contribution is -0.125. The number of rotatable bonds is 6. The molecule has 0 radical (unpaired) electrons. The van der Waals surface area contributed by atoms with Gasteiger partial charge in [-0.05, 0) is 24.6 Å². The number of imide groups is 1. The van der Waals surface area contributed by atoms with Gasteiger partial charge in [-0.1, -0.05) is 6.07 Å². The van der Waals surface area contributed by atoms with E-state index in [0.29, 0.717) is 5.75 Å². The van der Waals surface area contributed by atoms with Crippen LogP contribution >= 0.6 is 0 Å². The fourth-order valence-corrected chi connectivity index (χ4v) is 2.97. The van der Waals surface area contributed by atoms with E-state index in [-0.39, 0.29) is 11.9 Å². The van der Waals surface area contributed by atoms with Crippen LogP contribution < -0.4 is 14.8 Å². The molecule has 1 heterocycles. The van der Waals surface area contributed by atoms with Crippen LogP contribution in [-0.2, 0) is 16.1 Å². The van der Waals surface area contributed by atoms with Crippen molar-refractivity contribution < 1.29 is 23.8 Å². The van der Waals surface area contributed by atoms with Crippen molar-refractivity contribution in [2.45, 2.75) is 19.5 Å². The Morgan fingerprint density at radius 2 is 1.73 bits per heavy atom. The van der Waals surface area contributed by atoms with Gasteiger partial charge in [0.25, 0.3) is 0 Å². The van der Waals surface area contributed by atoms with Crippen LogP contribution in [0.15, 0.2) is 18.2 Å². The van der Waals surface area contributed by atoms with Crippen LogP contribution in [0, 0.1) is 0 Å². The van der Waals surface area contributed by atoms with Gasteiger partial charge >= 0.3 is 6.09 Å². The Morgan fingerprint density at radius 3 is 2.31 bits per heavy atom. The molecule has 26 heavy (non-hydrogen) atoms. The first kappa shape index (κ1) is 20.0. The van der Waals surface area contributed by atoms with E-state index in [9.17, 15) is 9.59 Å². The number of carbonyl (C=O) groups is 2. The van der Waals surface area contributed by atoms with Crippen LogP contribution in [0.5, 0.6) is 11.5 Å². The number of amides is 2. The van der Waals surface area contributed by atoms with Crippen LogP contribution in [0.3, 0.4) is 0 Å². The summed E-state index contributed by atoms with van der Waals surface area (Å²) in [7, 11) is 4.48. The molecule has 144 valence electrons. The molecule has 1 fully saturated rings. The highest BCUT2D eigenvalue weighted by atomic mass is 16.5. The Hall–Kier alpha value is -2.32. The minimum absolute atomic E-state index is 0.342. The highest BCUT2D eigenvalue weighted by molar-refractivity contribution is 5.94. The second-order valence-electron chi connectivity index (χ2n) is 6.16. The molecule has 0 bridgehead atoms. The van der Waals surface area contributed by atoms with Crippen molar-refractivity contribution in [1.29, 1.82) is 0 Å². The van der Waals surface area contributed by atoms with Gasteiger partial charge in [0, 0.05) is 32.7 Å². The fraction of sp³-hybridized carbons (Fsp3) is 0.556. The third kappa shape index (κ3) is 5.09. The lowest BCUT2D eigenvalue weighted by atomic mass is 10.1. The van der Waals surface area contributed by atoms with E-state index in [2.05, 4.69) is 19.9 Å². The predicted octanol–water partition coefficient (Wildman–Crippen LogP) is 1.09. The quantitative estimate of drug-likeness (QED) is 0.808. The second kappa shape index (κ2) is 9.40. The van der Waals surface area contributed by atoms with Crippen LogP contribution in [0.1, 0.15) is 12.5 Å². The van der Waals surface area contributed by atoms with Crippen molar-refractivity contribution in [1.82, 2.24) is 15.1 Å². The molecule has 0 saturated carbocycles. The van der Waals surface area contributed by atoms with Crippen molar-refractivity contribution in [2.24, 2.45) is 0 Å². The summed E-state index contributed by atoms with van der Waals surface area (Å²) in [5.41, 5.74) is 1.15. The highest BCUT2D eigenvalue weighted by Crippen LogP contribution is 2.28. The first-order chi connectivity index (χ1) is 12.5. The first-order valence-corrected chi connectivity index (χ1v) is 8.54. The molecule has 1 atom stereocenters. The largest absolute Gasteiger partial charge is 0.493 e. The highest BCUT2D eigenvalue weighted by Gasteiger charge is 2.26. The number of carbonyl (C=O) groups excluding carboxylic acids is 2. The summed E-state index contributed by atoms with van der Waals surface area (Å²) in [6.45, 7) is 5.78. The lowest BCUT2D eigenvalue weighted by Gasteiger charge is -2.37. The molecule has 1 saturated heterocycles. The molecule has 0 spiro atoms. The first-order valence-electron chi connectivity index (χ1n) is 8.54. The Kier molecular flexibility index (Phi) is 7.23. The van der Waals surface area contributed by atoms with Crippen LogP contribution in [-0.4, -0.2) is 75.4 Å². The van der Waals surface area contributed by atoms with Gasteiger partial charge in [0.1, 0.15) is 0 Å². The van der Waals surface area contributed by atoms with Gasteiger partial charge in [-0.2, -0.15) is 0 Å². The molecule has 1 aliphatic rings. The normalized spacial score (nSPS) is 16.6. The van der Waals surface area contributed by atoms with Crippen molar-refractivity contribution in [3.8, 4) is 11.5 Å². The summed E-state index contributed by atoms with van der Waals surface area (Å²) >= 11 is 0. The number of methoxy groups -OCH3 is 3. The van der Waals surface area contributed by atoms with E-state index in [0.717, 1.165) is 44.0 Å². The molecule has 0 aromatic heterocycles. The smallest absolute Gasteiger partial charge is 0.413 e. The van der Waals surface area contributed by atoms with Gasteiger partial charge in [-0.15, -0.1) is 0 Å². The number of ether oxygens (including phenoxy) is 3. The molecule has 0 aliphatic carbocycles. The summed E-state index contributed by atoms with van der Waals surface area (Å²) in [5.74, 6) is 1.09. The van der Waals surface area contributed by atoms with Crippen molar-refractivity contribution in [2.75, 3.05) is 47.5 Å². The molecular weight excluding hydrogens is 338 g/mol. The van der Waals surface area contributed by atoms with E-state index < -0.39 is 6.09 Å². The molecule has 1 aliphatic heterocycles. The van der Waals surface area contributed by atoms with Gasteiger partial charge in [0.15, 0.2) is 11.5 Å². The second-order valence-corrected chi connectivity index (χ2v) is 6.16. The molecule has 2 rings (SSSR count). The molecule has 1 aromatic carbocycles. The average molecular weight is 365 g/mol. The molecule has 8 nitrogen and oxygen atoms in total. The van der Waals surface area contributed by atoms with Crippen molar-refractivity contribution in [3.05, 3.63) is 23.8 Å². The number of hydrogen-bond donors (Lipinski definition) is 1. The maximum absolute atomic E-state index is 12.0. The topological polar surface area (TPSA) is 80.3 Å². The average Bonchev–Trinajstić information content (AvgIpc) is 2.67. The molecule has 1 N–H and O–H groups in total. The maximum Gasteiger partial charge on any atom is 0.413 e. The lowest BCUT2D eigenvalue weighted by Crippen LogP contribution is -2.54. The predicted molar refractivity (Wildman–Crippen MR) is 96.4 cm³/mol.